The van der Waals surface area contributed by atoms with Crippen molar-refractivity contribution in [2.24, 2.45) is 23.2 Å². The molecule has 0 saturated heterocycles. The standard InChI is InChI=1S/C15H20F5NO7S2/c1-27-30(25,26)21-29(23,24)15(19,20)11(14(16,17)18)28-12(22)13-5-8-2-9(6-13)4-10(3-8)7-13/h8-11,21H,2-7H2,1H3. The first kappa shape index (κ1) is 23.6. The number of nitrogens with one attached hydrogen (secondary N) is 1. The van der Waals surface area contributed by atoms with Crippen LogP contribution < -0.4 is 4.13 Å². The molecule has 4 rings (SSSR count). The van der Waals surface area contributed by atoms with Crippen LogP contribution in [0.15, 0.2) is 0 Å². The zero-order valence-electron chi connectivity index (χ0n) is 15.6. The zero-order chi connectivity index (χ0) is 22.8. The van der Waals surface area contributed by atoms with Gasteiger partial charge >= 0.3 is 27.7 Å². The molecule has 0 radical (unpaired) electrons. The number of carbonyl (C=O) groups excluding carboxylic acids is 1. The molecule has 4 fully saturated rings. The van der Waals surface area contributed by atoms with Gasteiger partial charge in [-0.3, -0.25) is 8.98 Å². The van der Waals surface area contributed by atoms with E-state index in [0.29, 0.717) is 11.2 Å². The molecule has 4 saturated carbocycles. The average molecular weight is 485 g/mol. The van der Waals surface area contributed by atoms with Crippen LogP contribution in [0, 0.1) is 23.2 Å². The van der Waals surface area contributed by atoms with Crippen LogP contribution in [0.1, 0.15) is 38.5 Å². The van der Waals surface area contributed by atoms with Crippen LogP contribution in [0.3, 0.4) is 0 Å². The van der Waals surface area contributed by atoms with Gasteiger partial charge in [-0.05, 0) is 56.3 Å². The molecular weight excluding hydrogens is 465 g/mol. The topological polar surface area (TPSA) is 116 Å². The fourth-order valence-corrected chi connectivity index (χ4v) is 7.54. The fourth-order valence-electron chi connectivity index (χ4n) is 5.28. The second kappa shape index (κ2) is 7.24. The van der Waals surface area contributed by atoms with Crippen LogP contribution in [0.4, 0.5) is 22.0 Å². The van der Waals surface area contributed by atoms with Crippen LogP contribution in [0.5, 0.6) is 0 Å². The molecule has 0 aromatic carbocycles. The molecule has 1 N–H and O–H groups in total. The maximum absolute atomic E-state index is 14.4. The highest BCUT2D eigenvalue weighted by atomic mass is 32.3. The summed E-state index contributed by atoms with van der Waals surface area (Å²) in [7, 11) is -11.4. The molecule has 0 aliphatic heterocycles. The number of alkyl halides is 5. The SMILES string of the molecule is COS(=O)(=O)NS(=O)(=O)C(F)(F)C(OC(=O)C12CC3CC(CC(C3)C1)C2)C(F)(F)F. The summed E-state index contributed by atoms with van der Waals surface area (Å²) in [4.78, 5) is 12.7. The van der Waals surface area contributed by atoms with E-state index in [1.54, 1.807) is 0 Å². The minimum Gasteiger partial charge on any atom is -0.444 e. The average Bonchev–Trinajstić information content (AvgIpc) is 2.56. The quantitative estimate of drug-likeness (QED) is 0.434. The molecule has 1 unspecified atom stereocenters. The predicted molar refractivity (Wildman–Crippen MR) is 89.5 cm³/mol. The lowest BCUT2D eigenvalue weighted by atomic mass is 9.49. The molecule has 0 aromatic heterocycles. The number of esters is 1. The predicted octanol–water partition coefficient (Wildman–Crippen LogP) is 2.08. The molecule has 0 heterocycles. The number of sulfonamides is 1. The van der Waals surface area contributed by atoms with Crippen LogP contribution >= 0.6 is 0 Å². The van der Waals surface area contributed by atoms with Crippen molar-refractivity contribution in [1.29, 1.82) is 0 Å². The van der Waals surface area contributed by atoms with E-state index in [1.807, 2.05) is 0 Å². The van der Waals surface area contributed by atoms with Crippen LogP contribution in [0.2, 0.25) is 0 Å². The van der Waals surface area contributed by atoms with Crippen molar-refractivity contribution >= 4 is 26.3 Å². The minimum atomic E-state index is -6.51. The van der Waals surface area contributed by atoms with Gasteiger partial charge in [0, 0.05) is 0 Å². The Hall–Kier alpha value is -1.06. The van der Waals surface area contributed by atoms with Crippen molar-refractivity contribution in [3.8, 4) is 0 Å². The molecule has 0 aromatic rings. The van der Waals surface area contributed by atoms with Crippen molar-refractivity contribution in [1.82, 2.24) is 4.13 Å². The zero-order valence-corrected chi connectivity index (χ0v) is 17.2. The molecule has 174 valence electrons. The molecule has 8 nitrogen and oxygen atoms in total. The van der Waals surface area contributed by atoms with E-state index >= 15 is 0 Å². The Labute approximate surface area is 169 Å². The summed E-state index contributed by atoms with van der Waals surface area (Å²) in [6.07, 6.45) is -7.40. The molecular formula is C15H20F5NO7S2. The van der Waals surface area contributed by atoms with Gasteiger partial charge in [0.25, 0.3) is 16.1 Å². The number of carbonyl (C=O) groups is 1. The van der Waals surface area contributed by atoms with Crippen molar-refractivity contribution in [3.05, 3.63) is 0 Å². The Morgan fingerprint density at radius 3 is 1.77 bits per heavy atom. The van der Waals surface area contributed by atoms with Gasteiger partial charge in [-0.25, -0.2) is 8.42 Å². The van der Waals surface area contributed by atoms with Gasteiger partial charge in [-0.15, -0.1) is 0 Å². The third kappa shape index (κ3) is 4.17. The molecule has 4 aliphatic carbocycles. The highest BCUT2D eigenvalue weighted by Gasteiger charge is 2.68. The van der Waals surface area contributed by atoms with Gasteiger partial charge in [0.05, 0.1) is 12.5 Å². The van der Waals surface area contributed by atoms with Crippen molar-refractivity contribution in [2.45, 2.75) is 56.1 Å². The maximum Gasteiger partial charge on any atom is 0.432 e. The van der Waals surface area contributed by atoms with E-state index in [2.05, 4.69) is 8.92 Å². The van der Waals surface area contributed by atoms with Crippen molar-refractivity contribution < 1.29 is 52.5 Å². The monoisotopic (exact) mass is 485 g/mol. The number of rotatable bonds is 7. The normalized spacial score (nSPS) is 32.8. The summed E-state index contributed by atoms with van der Waals surface area (Å²) in [5, 5.41) is -5.84. The summed E-state index contributed by atoms with van der Waals surface area (Å²) < 4.78 is 123. The molecule has 30 heavy (non-hydrogen) atoms. The summed E-state index contributed by atoms with van der Waals surface area (Å²) in [6, 6.07) is 0. The van der Waals surface area contributed by atoms with E-state index in [4.69, 9.17) is 0 Å². The Balaban J connectivity index is 1.89. The summed E-state index contributed by atoms with van der Waals surface area (Å²) in [5.74, 6) is -1.31. The van der Waals surface area contributed by atoms with E-state index in [0.717, 1.165) is 19.3 Å². The highest BCUT2D eigenvalue weighted by molar-refractivity contribution is 8.03. The van der Waals surface area contributed by atoms with Gasteiger partial charge in [0.2, 0.25) is 0 Å². The Morgan fingerprint density at radius 1 is 0.967 bits per heavy atom. The van der Waals surface area contributed by atoms with Gasteiger partial charge in [0.1, 0.15) is 0 Å². The second-order valence-electron chi connectivity index (χ2n) is 8.29. The van der Waals surface area contributed by atoms with Gasteiger partial charge < -0.3 is 4.74 Å². The Kier molecular flexibility index (Phi) is 5.69. The number of halogens is 5. The Morgan fingerprint density at radius 2 is 1.40 bits per heavy atom. The third-order valence-corrected chi connectivity index (χ3v) is 9.15. The minimum absolute atomic E-state index is 0.0749. The van der Waals surface area contributed by atoms with Gasteiger partial charge in [-0.1, -0.05) is 4.13 Å². The number of ether oxygens (including phenoxy) is 1. The smallest absolute Gasteiger partial charge is 0.432 e. The van der Waals surface area contributed by atoms with E-state index in [1.165, 1.54) is 0 Å². The van der Waals surface area contributed by atoms with E-state index in [9.17, 15) is 43.6 Å². The lowest BCUT2D eigenvalue weighted by molar-refractivity contribution is -0.265. The van der Waals surface area contributed by atoms with Gasteiger partial charge in [-0.2, -0.15) is 30.4 Å². The first-order valence-corrected chi connectivity index (χ1v) is 11.9. The maximum atomic E-state index is 14.4. The molecule has 15 heteroatoms. The van der Waals surface area contributed by atoms with Crippen LogP contribution in [0.25, 0.3) is 0 Å². The second-order valence-corrected chi connectivity index (χ2v) is 11.8. The van der Waals surface area contributed by atoms with Crippen molar-refractivity contribution in [2.75, 3.05) is 7.11 Å². The lowest BCUT2D eigenvalue weighted by Crippen LogP contribution is -2.58. The molecule has 0 amide bonds. The van der Waals surface area contributed by atoms with E-state index < -0.39 is 49.2 Å². The van der Waals surface area contributed by atoms with Gasteiger partial charge in [0.15, 0.2) is 0 Å². The molecule has 4 aliphatic rings. The molecule has 4 bridgehead atoms. The first-order valence-electron chi connectivity index (χ1n) is 9.01. The number of hydrogen-bond acceptors (Lipinski definition) is 7. The van der Waals surface area contributed by atoms with Crippen molar-refractivity contribution in [3.63, 3.8) is 0 Å². The van der Waals surface area contributed by atoms with Crippen LogP contribution in [-0.2, 0) is 34.0 Å². The number of hydrogen-bond donors (Lipinski definition) is 1. The van der Waals surface area contributed by atoms with Crippen LogP contribution in [-0.4, -0.2) is 47.4 Å². The Bertz CT molecular complexity index is 881. The largest absolute Gasteiger partial charge is 0.444 e. The fraction of sp³-hybridized carbons (Fsp3) is 0.933. The summed E-state index contributed by atoms with van der Waals surface area (Å²) in [6.45, 7) is 0. The summed E-state index contributed by atoms with van der Waals surface area (Å²) in [5.41, 5.74) is -1.37. The first-order chi connectivity index (χ1) is 13.5. The molecule has 1 atom stereocenters. The molecule has 0 spiro atoms. The van der Waals surface area contributed by atoms with E-state index in [-0.39, 0.29) is 37.0 Å². The summed E-state index contributed by atoms with van der Waals surface area (Å²) >= 11 is 0. The highest BCUT2D eigenvalue weighted by Crippen LogP contribution is 2.60. The third-order valence-electron chi connectivity index (χ3n) is 6.09. The lowest BCUT2D eigenvalue weighted by Gasteiger charge is -2.55.